The van der Waals surface area contributed by atoms with Crippen LogP contribution in [0.2, 0.25) is 21.6 Å². The third kappa shape index (κ3) is 17.5. The molecular formula is C32H60N2O3SiSn. The van der Waals surface area contributed by atoms with Gasteiger partial charge in [0.1, 0.15) is 0 Å². The zero-order chi connectivity index (χ0) is 29.8. The van der Waals surface area contributed by atoms with Crippen LogP contribution in [0.4, 0.5) is 0 Å². The molecule has 224 valence electrons. The van der Waals surface area contributed by atoms with Crippen molar-refractivity contribution in [1.82, 2.24) is 10.6 Å². The average molecular weight is 668 g/mol. The molecule has 0 aromatic rings. The minimum Gasteiger partial charge on any atom is -0.0604 e. The normalized spacial score (nSPS) is 14.0. The number of unbranched alkanes of at least 4 members (excludes halogenated alkanes) is 3. The maximum atomic E-state index is 12.4. The van der Waals surface area contributed by atoms with E-state index in [4.69, 9.17) is 4.43 Å². The van der Waals surface area contributed by atoms with Crippen molar-refractivity contribution in [3.05, 3.63) is 34.6 Å². The molecule has 1 atom stereocenters. The molecule has 0 aromatic heterocycles. The van der Waals surface area contributed by atoms with Gasteiger partial charge in [0.15, 0.2) is 8.32 Å². The van der Waals surface area contributed by atoms with Gasteiger partial charge in [0.25, 0.3) is 0 Å². The van der Waals surface area contributed by atoms with Crippen LogP contribution in [-0.4, -0.2) is 53.9 Å². The second kappa shape index (κ2) is 20.9. The van der Waals surface area contributed by atoms with Crippen LogP contribution >= 0.6 is 0 Å². The maximum absolute atomic E-state index is 12.4. The molecule has 0 unspecified atom stereocenters. The van der Waals surface area contributed by atoms with E-state index in [1.165, 1.54) is 57.8 Å². The Balaban J connectivity index is 4.81. The molecule has 0 fully saturated rings. The number of hydrogen-bond acceptors (Lipinski definition) is 3. The minimum absolute atomic E-state index is 0.0202. The zero-order valence-electron chi connectivity index (χ0n) is 26.8. The van der Waals surface area contributed by atoms with Crippen molar-refractivity contribution in [3.8, 4) is 0 Å². The Labute approximate surface area is 252 Å². The van der Waals surface area contributed by atoms with Crippen molar-refractivity contribution in [1.29, 1.82) is 0 Å². The Kier molecular flexibility index (Phi) is 20.5. The van der Waals surface area contributed by atoms with E-state index < -0.39 is 29.5 Å². The first kappa shape index (κ1) is 38.1. The first-order chi connectivity index (χ1) is 18.4. The smallest absolute Gasteiger partial charge is 0.0604 e. The quantitative estimate of drug-likeness (QED) is 0.0734. The van der Waals surface area contributed by atoms with Crippen LogP contribution in [0.3, 0.4) is 0 Å². The molecule has 0 aliphatic heterocycles. The van der Waals surface area contributed by atoms with Crippen LogP contribution in [0.1, 0.15) is 119 Å². The summed E-state index contributed by atoms with van der Waals surface area (Å²) in [5.74, 6) is -0.383. The van der Waals surface area contributed by atoms with Crippen LogP contribution in [0, 0.1) is 0 Å². The summed E-state index contributed by atoms with van der Waals surface area (Å²) in [5, 5.41) is 5.68. The summed E-state index contributed by atoms with van der Waals surface area (Å²) in [4.78, 5) is 24.7. The fourth-order valence-electron chi connectivity index (χ4n) is 4.15. The Morgan fingerprint density at radius 2 is 1.46 bits per heavy atom. The van der Waals surface area contributed by atoms with Gasteiger partial charge < -0.3 is 0 Å². The fourth-order valence-corrected chi connectivity index (χ4v) is 9.96. The van der Waals surface area contributed by atoms with Gasteiger partial charge in [-0.15, -0.1) is 0 Å². The summed E-state index contributed by atoms with van der Waals surface area (Å²) in [5.41, 5.74) is 0. The molecule has 0 saturated heterocycles. The zero-order valence-corrected chi connectivity index (χ0v) is 30.6. The average Bonchev–Trinajstić information content (AvgIpc) is 2.88. The van der Waals surface area contributed by atoms with Gasteiger partial charge in [-0.05, 0) is 25.1 Å². The molecule has 0 aliphatic rings. The van der Waals surface area contributed by atoms with Crippen LogP contribution in [0.15, 0.2) is 34.6 Å². The molecule has 2 amide bonds. The summed E-state index contributed by atoms with van der Waals surface area (Å²) < 4.78 is 9.24. The van der Waals surface area contributed by atoms with Gasteiger partial charge >= 0.3 is 188 Å². The fraction of sp³-hybridized carbons (Fsp3) is 0.750. The molecule has 0 rings (SSSR count). The number of nitrogens with one attached hydrogen (secondary N) is 2. The van der Waals surface area contributed by atoms with Crippen LogP contribution in [0.25, 0.3) is 0 Å². The Morgan fingerprint density at radius 1 is 0.923 bits per heavy atom. The molecule has 39 heavy (non-hydrogen) atoms. The van der Waals surface area contributed by atoms with Crippen molar-refractivity contribution in [2.24, 2.45) is 0 Å². The molecule has 0 aliphatic carbocycles. The van der Waals surface area contributed by atoms with E-state index in [1.54, 1.807) is 12.3 Å². The molecule has 7 heteroatoms. The van der Waals surface area contributed by atoms with Gasteiger partial charge in [-0.25, -0.2) is 0 Å². The van der Waals surface area contributed by atoms with Gasteiger partial charge in [0.2, 0.25) is 0 Å². The first-order valence-corrected chi connectivity index (χ1v) is 21.3. The molecule has 0 aromatic carbocycles. The monoisotopic (exact) mass is 668 g/mol. The molecule has 0 saturated carbocycles. The van der Waals surface area contributed by atoms with Crippen molar-refractivity contribution < 1.29 is 14.0 Å². The standard InChI is InChI=1S/C19H33N2O3Si.C13H27.Sn/c1-8-10-12-16(24-25(6,7)19(3,4)5)13-11-14-20-18(23)15-21-17(22)9-2;1-4-7-10-13(11-8-5-2)12-9-6-3;/h2,8-11,14,16H,12-13,15H2,1,3-7H3,(H,20,23)(H,21,22);4-12H2,1-3H3;/b9-2?,10-8-,14-11-;;/t16-;;/m0../s1. The van der Waals surface area contributed by atoms with E-state index in [-0.39, 0.29) is 29.5 Å². The third-order valence-corrected chi connectivity index (χ3v) is 17.1. The van der Waals surface area contributed by atoms with E-state index in [1.807, 2.05) is 13.0 Å². The molecular weight excluding hydrogens is 607 g/mol. The minimum atomic E-state index is -1.87. The Hall–Kier alpha value is -0.864. The van der Waals surface area contributed by atoms with Crippen LogP contribution in [0.5, 0.6) is 0 Å². The first-order valence-electron chi connectivity index (χ1n) is 15.3. The number of carbonyl (C=O) groups is 2. The van der Waals surface area contributed by atoms with Crippen molar-refractivity contribution in [2.75, 3.05) is 6.54 Å². The number of carbonyl (C=O) groups excluding carboxylic acids is 2. The summed E-state index contributed by atoms with van der Waals surface area (Å²) in [6, 6.07) is 0. The van der Waals surface area contributed by atoms with Gasteiger partial charge in [-0.2, -0.15) is 0 Å². The molecule has 0 bridgehead atoms. The number of allylic oxidation sites excluding steroid dienone is 1. The number of amides is 2. The second-order valence-corrected chi connectivity index (χ2v) is 21.9. The predicted molar refractivity (Wildman–Crippen MR) is 173 cm³/mol. The Bertz CT molecular complexity index is 750. The van der Waals surface area contributed by atoms with Crippen LogP contribution < -0.4 is 10.6 Å². The second-order valence-electron chi connectivity index (χ2n) is 12.3. The molecule has 2 N–H and O–H groups in total. The molecule has 0 heterocycles. The summed E-state index contributed by atoms with van der Waals surface area (Å²) in [7, 11) is -1.87. The predicted octanol–water partition coefficient (Wildman–Crippen LogP) is 8.43. The number of hydrogen-bond donors (Lipinski definition) is 2. The van der Waals surface area contributed by atoms with Gasteiger partial charge in [-0.3, -0.25) is 0 Å². The summed E-state index contributed by atoms with van der Waals surface area (Å²) >= 11 is -0.871. The van der Waals surface area contributed by atoms with Gasteiger partial charge in [0, 0.05) is 0 Å². The van der Waals surface area contributed by atoms with E-state index in [0.717, 1.165) is 12.8 Å². The third-order valence-electron chi connectivity index (χ3n) is 7.74. The molecule has 5 nitrogen and oxygen atoms in total. The van der Waals surface area contributed by atoms with Crippen molar-refractivity contribution >= 4 is 41.3 Å². The summed E-state index contributed by atoms with van der Waals surface area (Å²) in [6.07, 6.45) is 22.6. The van der Waals surface area contributed by atoms with E-state index in [2.05, 4.69) is 81.5 Å². The molecule has 2 radical (unpaired) electrons. The number of rotatable bonds is 21. The van der Waals surface area contributed by atoms with Crippen LogP contribution in [-0.2, 0) is 14.0 Å². The SMILES string of the molecule is C/C=C\C[C@@H](C/C=C\NC(=O)CNC(=O)/C=[CH]\[Sn][C](CCCC)(CCCC)CCCC)O[Si](C)(C)C(C)(C)C. The van der Waals surface area contributed by atoms with Gasteiger partial charge in [0.05, 0.1) is 0 Å². The van der Waals surface area contributed by atoms with E-state index in [9.17, 15) is 9.59 Å². The summed E-state index contributed by atoms with van der Waals surface area (Å²) in [6.45, 7) is 20.1. The molecule has 0 spiro atoms. The van der Waals surface area contributed by atoms with E-state index >= 15 is 0 Å². The van der Waals surface area contributed by atoms with E-state index in [0.29, 0.717) is 3.43 Å². The van der Waals surface area contributed by atoms with Gasteiger partial charge in [-0.1, -0.05) is 32.9 Å². The van der Waals surface area contributed by atoms with Crippen molar-refractivity contribution in [3.63, 3.8) is 0 Å². The Morgan fingerprint density at radius 3 is 1.95 bits per heavy atom. The topological polar surface area (TPSA) is 67.4 Å². The van der Waals surface area contributed by atoms with Crippen molar-refractivity contribution in [2.45, 2.75) is 147 Å².